The molecule has 0 spiro atoms. The van der Waals surface area contributed by atoms with E-state index in [0.29, 0.717) is 57.1 Å². The standard InChI is InChI=1S/C28H42N4O6/c1-18(17-37-5)30-25(33)19-13-20(16-29-15-19)26(34)32(21-7-8-21)22-9-10-24-23(14-22)31(11-6-12-36-4)27(35)28(2,3)38-24/h9-10,14,18-21,29H,6-8,11-13,15-17H2,1-5H3,(H,30,33)/t18?,19-,20?/m0/s1. The third-order valence-corrected chi connectivity index (χ3v) is 7.39. The van der Waals surface area contributed by atoms with Gasteiger partial charge in [0.2, 0.25) is 11.8 Å². The minimum absolute atomic E-state index is 0.0108. The van der Waals surface area contributed by atoms with Gasteiger partial charge in [0.25, 0.3) is 5.91 Å². The van der Waals surface area contributed by atoms with E-state index in [1.54, 1.807) is 33.0 Å². The van der Waals surface area contributed by atoms with Crippen molar-refractivity contribution >= 4 is 29.1 Å². The van der Waals surface area contributed by atoms with Gasteiger partial charge in [0.05, 0.1) is 24.1 Å². The Hall–Kier alpha value is -2.69. The molecule has 1 aromatic carbocycles. The van der Waals surface area contributed by atoms with E-state index in [9.17, 15) is 14.4 Å². The maximum atomic E-state index is 13.9. The van der Waals surface area contributed by atoms with Gasteiger partial charge in [-0.25, -0.2) is 0 Å². The van der Waals surface area contributed by atoms with Crippen LogP contribution < -0.4 is 25.2 Å². The lowest BCUT2D eigenvalue weighted by molar-refractivity contribution is -0.132. The monoisotopic (exact) mass is 530 g/mol. The quantitative estimate of drug-likeness (QED) is 0.422. The third kappa shape index (κ3) is 6.30. The molecule has 2 heterocycles. The molecule has 2 aliphatic heterocycles. The van der Waals surface area contributed by atoms with Crippen molar-refractivity contribution in [2.24, 2.45) is 11.8 Å². The number of nitrogens with zero attached hydrogens (tertiary/aromatic N) is 2. The average Bonchev–Trinajstić information content (AvgIpc) is 3.72. The first kappa shape index (κ1) is 28.3. The van der Waals surface area contributed by atoms with Gasteiger partial charge >= 0.3 is 0 Å². The van der Waals surface area contributed by atoms with Crippen molar-refractivity contribution in [3.8, 4) is 5.75 Å². The van der Waals surface area contributed by atoms with Gasteiger partial charge in [-0.3, -0.25) is 14.4 Å². The molecule has 3 aliphatic rings. The summed E-state index contributed by atoms with van der Waals surface area (Å²) in [6, 6.07) is 5.69. The summed E-state index contributed by atoms with van der Waals surface area (Å²) >= 11 is 0. The molecule has 1 saturated carbocycles. The molecule has 38 heavy (non-hydrogen) atoms. The number of piperidine rings is 1. The van der Waals surface area contributed by atoms with E-state index in [1.807, 2.05) is 30.0 Å². The molecule has 1 aliphatic carbocycles. The summed E-state index contributed by atoms with van der Waals surface area (Å²) in [5.41, 5.74) is 0.453. The highest BCUT2D eigenvalue weighted by Gasteiger charge is 2.43. The predicted molar refractivity (Wildman–Crippen MR) is 144 cm³/mol. The normalized spacial score (nSPS) is 23.3. The van der Waals surface area contributed by atoms with Crippen molar-refractivity contribution in [1.29, 1.82) is 0 Å². The molecule has 3 amide bonds. The van der Waals surface area contributed by atoms with Crippen molar-refractivity contribution in [1.82, 2.24) is 10.6 Å². The van der Waals surface area contributed by atoms with Crippen LogP contribution in [-0.2, 0) is 23.9 Å². The van der Waals surface area contributed by atoms with E-state index >= 15 is 0 Å². The Morgan fingerprint density at radius 2 is 1.95 bits per heavy atom. The van der Waals surface area contributed by atoms with E-state index in [1.165, 1.54) is 0 Å². The Morgan fingerprint density at radius 3 is 2.63 bits per heavy atom. The SMILES string of the molecule is COCCCN1C(=O)C(C)(C)Oc2ccc(N(C(=O)C3CNC[C@@H](C(=O)NC(C)COC)C3)C3CC3)cc21. The summed E-state index contributed by atoms with van der Waals surface area (Å²) in [6.07, 6.45) is 3.04. The molecule has 10 nitrogen and oxygen atoms in total. The number of fused-ring (bicyclic) bond motifs is 1. The first-order valence-corrected chi connectivity index (χ1v) is 13.6. The highest BCUT2D eigenvalue weighted by Crippen LogP contribution is 2.43. The van der Waals surface area contributed by atoms with Crippen molar-refractivity contribution in [3.63, 3.8) is 0 Å². The topological polar surface area (TPSA) is 109 Å². The Morgan fingerprint density at radius 1 is 1.21 bits per heavy atom. The van der Waals surface area contributed by atoms with Crippen LogP contribution in [0.1, 0.15) is 46.5 Å². The minimum Gasteiger partial charge on any atom is -0.476 e. The Balaban J connectivity index is 1.54. The number of nitrogens with one attached hydrogen (secondary N) is 2. The Kier molecular flexibility index (Phi) is 8.95. The van der Waals surface area contributed by atoms with Crippen LogP contribution in [-0.4, -0.2) is 82.5 Å². The van der Waals surface area contributed by atoms with Gasteiger partial charge < -0.3 is 34.6 Å². The molecule has 2 fully saturated rings. The van der Waals surface area contributed by atoms with Crippen LogP contribution in [0.3, 0.4) is 0 Å². The van der Waals surface area contributed by atoms with Crippen LogP contribution >= 0.6 is 0 Å². The molecule has 4 rings (SSSR count). The smallest absolute Gasteiger partial charge is 0.270 e. The first-order chi connectivity index (χ1) is 18.2. The number of benzene rings is 1. The maximum Gasteiger partial charge on any atom is 0.270 e. The van der Waals surface area contributed by atoms with Crippen LogP contribution in [0.25, 0.3) is 0 Å². The van der Waals surface area contributed by atoms with E-state index in [2.05, 4.69) is 10.6 Å². The highest BCUT2D eigenvalue weighted by molar-refractivity contribution is 6.04. The summed E-state index contributed by atoms with van der Waals surface area (Å²) in [4.78, 5) is 43.6. The van der Waals surface area contributed by atoms with Crippen LogP contribution in [0.5, 0.6) is 5.75 Å². The lowest BCUT2D eigenvalue weighted by Gasteiger charge is -2.39. The molecule has 0 aromatic heterocycles. The zero-order valence-corrected chi connectivity index (χ0v) is 23.2. The lowest BCUT2D eigenvalue weighted by atomic mass is 9.88. The molecular formula is C28H42N4O6. The zero-order valence-electron chi connectivity index (χ0n) is 23.2. The number of rotatable bonds is 11. The van der Waals surface area contributed by atoms with Crippen molar-refractivity contribution in [3.05, 3.63) is 18.2 Å². The summed E-state index contributed by atoms with van der Waals surface area (Å²) < 4.78 is 16.4. The highest BCUT2D eigenvalue weighted by atomic mass is 16.5. The fourth-order valence-corrected chi connectivity index (χ4v) is 5.32. The van der Waals surface area contributed by atoms with Crippen molar-refractivity contribution in [2.75, 3.05) is 56.9 Å². The second kappa shape index (κ2) is 12.0. The molecule has 0 radical (unpaired) electrons. The molecule has 1 saturated heterocycles. The molecule has 210 valence electrons. The van der Waals surface area contributed by atoms with Crippen molar-refractivity contribution in [2.45, 2.75) is 64.1 Å². The van der Waals surface area contributed by atoms with Gasteiger partial charge in [0.1, 0.15) is 5.75 Å². The number of ether oxygens (including phenoxy) is 3. The predicted octanol–water partition coefficient (Wildman–Crippen LogP) is 2.10. The molecule has 2 N–H and O–H groups in total. The fourth-order valence-electron chi connectivity index (χ4n) is 5.32. The first-order valence-electron chi connectivity index (χ1n) is 13.6. The van der Waals surface area contributed by atoms with Crippen LogP contribution in [0.2, 0.25) is 0 Å². The molecule has 0 bridgehead atoms. The van der Waals surface area contributed by atoms with Crippen LogP contribution in [0, 0.1) is 11.8 Å². The summed E-state index contributed by atoms with van der Waals surface area (Å²) in [5.74, 6) is -0.140. The van der Waals surface area contributed by atoms with E-state index in [0.717, 1.165) is 18.5 Å². The molecule has 10 heteroatoms. The van der Waals surface area contributed by atoms with Gasteiger partial charge in [-0.1, -0.05) is 0 Å². The number of anilines is 2. The summed E-state index contributed by atoms with van der Waals surface area (Å²) in [6.45, 7) is 8.00. The summed E-state index contributed by atoms with van der Waals surface area (Å²) in [7, 11) is 3.25. The molecule has 1 aromatic rings. The lowest BCUT2D eigenvalue weighted by Crippen LogP contribution is -2.53. The van der Waals surface area contributed by atoms with Gasteiger partial charge in [0, 0.05) is 58.2 Å². The molecule has 3 atom stereocenters. The third-order valence-electron chi connectivity index (χ3n) is 7.39. The summed E-state index contributed by atoms with van der Waals surface area (Å²) in [5, 5.41) is 6.28. The molecule has 2 unspecified atom stereocenters. The van der Waals surface area contributed by atoms with Gasteiger partial charge in [0.15, 0.2) is 5.60 Å². The van der Waals surface area contributed by atoms with Crippen molar-refractivity contribution < 1.29 is 28.6 Å². The fraction of sp³-hybridized carbons (Fsp3) is 0.679. The van der Waals surface area contributed by atoms with Crippen LogP contribution in [0.4, 0.5) is 11.4 Å². The van der Waals surface area contributed by atoms with Gasteiger partial charge in [-0.2, -0.15) is 0 Å². The number of amides is 3. The van der Waals surface area contributed by atoms with E-state index in [-0.39, 0.29) is 41.6 Å². The van der Waals surface area contributed by atoms with E-state index in [4.69, 9.17) is 14.2 Å². The van der Waals surface area contributed by atoms with E-state index < -0.39 is 5.60 Å². The van der Waals surface area contributed by atoms with Crippen LogP contribution in [0.15, 0.2) is 18.2 Å². The van der Waals surface area contributed by atoms with Gasteiger partial charge in [-0.15, -0.1) is 0 Å². The second-order valence-electron chi connectivity index (χ2n) is 11.2. The zero-order chi connectivity index (χ0) is 27.4. The number of carbonyl (C=O) groups is 3. The number of methoxy groups -OCH3 is 2. The number of hydrogen-bond donors (Lipinski definition) is 2. The number of hydrogen-bond acceptors (Lipinski definition) is 7. The molecular weight excluding hydrogens is 488 g/mol. The minimum atomic E-state index is -0.975. The maximum absolute atomic E-state index is 13.9. The van der Waals surface area contributed by atoms with Gasteiger partial charge in [-0.05, 0) is 64.7 Å². The second-order valence-corrected chi connectivity index (χ2v) is 11.2. The largest absolute Gasteiger partial charge is 0.476 e. The Labute approximate surface area is 225 Å². The Bertz CT molecular complexity index is 1030. The number of carbonyl (C=O) groups excluding carboxylic acids is 3. The average molecular weight is 531 g/mol.